The predicted molar refractivity (Wildman–Crippen MR) is 96.4 cm³/mol. The number of thiazole rings is 1. The zero-order valence-corrected chi connectivity index (χ0v) is 15.0. The van der Waals surface area contributed by atoms with E-state index in [2.05, 4.69) is 37.6 Å². The Morgan fingerprint density at radius 1 is 1.26 bits per heavy atom. The highest BCUT2D eigenvalue weighted by Crippen LogP contribution is 2.14. The summed E-state index contributed by atoms with van der Waals surface area (Å²) in [7, 11) is 0. The second-order valence-corrected chi connectivity index (χ2v) is 7.68. The topological polar surface area (TPSA) is 48.5 Å². The maximum absolute atomic E-state index is 12.1. The fourth-order valence-corrected chi connectivity index (χ4v) is 4.07. The summed E-state index contributed by atoms with van der Waals surface area (Å²) in [6, 6.07) is 4.31. The van der Waals surface area contributed by atoms with Crippen molar-refractivity contribution in [1.82, 2.24) is 14.8 Å². The number of piperazine rings is 1. The number of nitrogens with one attached hydrogen (secondary N) is 1. The van der Waals surface area contributed by atoms with Gasteiger partial charge in [0.2, 0.25) is 5.91 Å². The minimum absolute atomic E-state index is 0.0337. The van der Waals surface area contributed by atoms with Crippen LogP contribution in [0.3, 0.4) is 0 Å². The van der Waals surface area contributed by atoms with Crippen LogP contribution >= 0.6 is 22.7 Å². The fraction of sp³-hybridized carbons (Fsp3) is 0.500. The number of amides is 1. The van der Waals surface area contributed by atoms with Gasteiger partial charge in [0, 0.05) is 43.0 Å². The number of nitrogens with zero attached hydrogens (tertiary/aromatic N) is 3. The summed E-state index contributed by atoms with van der Waals surface area (Å²) in [4.78, 5) is 22.5. The Bertz CT molecular complexity index is 618. The fourth-order valence-electron chi connectivity index (χ4n) is 2.67. The molecule has 124 valence electrons. The van der Waals surface area contributed by atoms with Crippen LogP contribution < -0.4 is 5.32 Å². The molecule has 0 atom stereocenters. The lowest BCUT2D eigenvalue weighted by Gasteiger charge is -2.34. The lowest BCUT2D eigenvalue weighted by molar-refractivity contribution is -0.117. The van der Waals surface area contributed by atoms with Crippen LogP contribution in [0.25, 0.3) is 0 Å². The van der Waals surface area contributed by atoms with Crippen LogP contribution in [0, 0.1) is 6.92 Å². The molecule has 0 bridgehead atoms. The number of aryl methyl sites for hydroxylation is 1. The van der Waals surface area contributed by atoms with E-state index in [-0.39, 0.29) is 5.91 Å². The lowest BCUT2D eigenvalue weighted by Crippen LogP contribution is -2.49. The Balaban J connectivity index is 1.36. The van der Waals surface area contributed by atoms with E-state index in [1.807, 2.05) is 23.6 Å². The van der Waals surface area contributed by atoms with Crippen LogP contribution in [0.5, 0.6) is 0 Å². The SMILES string of the molecule is Cc1csc(NC(=O)CN2CCN(CCc3cccs3)CC2)n1. The lowest BCUT2D eigenvalue weighted by atomic mass is 10.2. The Kier molecular flexibility index (Phi) is 5.77. The summed E-state index contributed by atoms with van der Waals surface area (Å²) >= 11 is 3.30. The minimum atomic E-state index is 0.0337. The van der Waals surface area contributed by atoms with Gasteiger partial charge in [-0.1, -0.05) is 6.07 Å². The Labute approximate surface area is 144 Å². The van der Waals surface area contributed by atoms with E-state index in [1.165, 1.54) is 16.2 Å². The van der Waals surface area contributed by atoms with Crippen molar-refractivity contribution in [2.75, 3.05) is 44.6 Å². The third kappa shape index (κ3) is 5.10. The summed E-state index contributed by atoms with van der Waals surface area (Å²) in [6.45, 7) is 7.48. The minimum Gasteiger partial charge on any atom is -0.301 e. The number of thiophene rings is 1. The summed E-state index contributed by atoms with van der Waals surface area (Å²) in [5, 5.41) is 7.66. The molecule has 1 fully saturated rings. The molecule has 0 saturated carbocycles. The van der Waals surface area contributed by atoms with E-state index in [1.54, 1.807) is 0 Å². The second kappa shape index (κ2) is 8.01. The highest BCUT2D eigenvalue weighted by molar-refractivity contribution is 7.13. The van der Waals surface area contributed by atoms with E-state index >= 15 is 0 Å². The van der Waals surface area contributed by atoms with Crippen LogP contribution in [0.1, 0.15) is 10.6 Å². The van der Waals surface area contributed by atoms with Crippen LogP contribution in [0.15, 0.2) is 22.9 Å². The van der Waals surface area contributed by atoms with Gasteiger partial charge in [-0.05, 0) is 24.8 Å². The van der Waals surface area contributed by atoms with E-state index in [0.29, 0.717) is 11.7 Å². The Morgan fingerprint density at radius 2 is 2.04 bits per heavy atom. The number of anilines is 1. The van der Waals surface area contributed by atoms with Crippen LogP contribution in [0.2, 0.25) is 0 Å². The molecule has 3 rings (SSSR count). The first kappa shape index (κ1) is 16.6. The van der Waals surface area contributed by atoms with Crippen molar-refractivity contribution in [2.45, 2.75) is 13.3 Å². The average molecular weight is 351 g/mol. The molecule has 0 aromatic carbocycles. The molecule has 0 aliphatic carbocycles. The molecular weight excluding hydrogens is 328 g/mol. The average Bonchev–Trinajstić information content (AvgIpc) is 3.18. The maximum Gasteiger partial charge on any atom is 0.240 e. The molecule has 1 N–H and O–H groups in total. The number of hydrogen-bond acceptors (Lipinski definition) is 6. The van der Waals surface area contributed by atoms with Crippen LogP contribution in [0.4, 0.5) is 5.13 Å². The quantitative estimate of drug-likeness (QED) is 0.869. The van der Waals surface area contributed by atoms with Gasteiger partial charge in [-0.2, -0.15) is 0 Å². The maximum atomic E-state index is 12.1. The van der Waals surface area contributed by atoms with Gasteiger partial charge in [0.1, 0.15) is 0 Å². The van der Waals surface area contributed by atoms with Crippen molar-refractivity contribution in [3.63, 3.8) is 0 Å². The zero-order valence-electron chi connectivity index (χ0n) is 13.3. The van der Waals surface area contributed by atoms with Crippen LogP contribution in [-0.2, 0) is 11.2 Å². The smallest absolute Gasteiger partial charge is 0.240 e. The molecule has 5 nitrogen and oxygen atoms in total. The number of aromatic nitrogens is 1. The van der Waals surface area contributed by atoms with E-state index in [0.717, 1.165) is 44.8 Å². The molecule has 23 heavy (non-hydrogen) atoms. The molecule has 1 saturated heterocycles. The second-order valence-electron chi connectivity index (χ2n) is 5.79. The molecule has 2 aromatic rings. The molecule has 3 heterocycles. The third-order valence-corrected chi connectivity index (χ3v) is 5.76. The summed E-state index contributed by atoms with van der Waals surface area (Å²) in [6.07, 6.45) is 1.13. The van der Waals surface area contributed by atoms with Gasteiger partial charge in [0.15, 0.2) is 5.13 Å². The molecule has 2 aromatic heterocycles. The number of carbonyl (C=O) groups excluding carboxylic acids is 1. The van der Waals surface area contributed by atoms with Gasteiger partial charge < -0.3 is 10.2 Å². The molecule has 1 aliphatic heterocycles. The number of rotatable bonds is 6. The molecule has 0 radical (unpaired) electrons. The van der Waals surface area contributed by atoms with Crippen molar-refractivity contribution in [3.05, 3.63) is 33.5 Å². The van der Waals surface area contributed by atoms with Crippen molar-refractivity contribution in [2.24, 2.45) is 0 Å². The molecule has 0 unspecified atom stereocenters. The van der Waals surface area contributed by atoms with Crippen LogP contribution in [-0.4, -0.2) is 60.0 Å². The molecule has 7 heteroatoms. The molecule has 1 amide bonds. The molecule has 1 aliphatic rings. The van der Waals surface area contributed by atoms with Gasteiger partial charge in [-0.3, -0.25) is 9.69 Å². The Morgan fingerprint density at radius 3 is 2.70 bits per heavy atom. The van der Waals surface area contributed by atoms with Crippen molar-refractivity contribution < 1.29 is 4.79 Å². The standard InChI is InChI=1S/C16H22N4OS2/c1-13-12-23-16(17-13)18-15(21)11-20-8-6-19(7-9-20)5-4-14-3-2-10-22-14/h2-3,10,12H,4-9,11H2,1H3,(H,17,18,21). The summed E-state index contributed by atoms with van der Waals surface area (Å²) in [5.41, 5.74) is 0.949. The number of carbonyl (C=O) groups is 1. The van der Waals surface area contributed by atoms with Gasteiger partial charge >= 0.3 is 0 Å². The van der Waals surface area contributed by atoms with Crippen molar-refractivity contribution in [1.29, 1.82) is 0 Å². The zero-order chi connectivity index (χ0) is 16.1. The van der Waals surface area contributed by atoms with Crippen molar-refractivity contribution in [3.8, 4) is 0 Å². The van der Waals surface area contributed by atoms with Gasteiger partial charge in [0.05, 0.1) is 12.2 Å². The predicted octanol–water partition coefficient (Wildman–Crippen LogP) is 2.31. The first-order chi connectivity index (χ1) is 11.2. The normalized spacial score (nSPS) is 16.6. The third-order valence-electron chi connectivity index (χ3n) is 3.95. The van der Waals surface area contributed by atoms with Crippen molar-refractivity contribution >= 4 is 33.7 Å². The van der Waals surface area contributed by atoms with Gasteiger partial charge in [-0.25, -0.2) is 4.98 Å². The highest BCUT2D eigenvalue weighted by Gasteiger charge is 2.19. The summed E-state index contributed by atoms with van der Waals surface area (Å²) in [5.74, 6) is 0.0337. The van der Waals surface area contributed by atoms with E-state index < -0.39 is 0 Å². The summed E-state index contributed by atoms with van der Waals surface area (Å²) < 4.78 is 0. The first-order valence-corrected chi connectivity index (χ1v) is 9.64. The Hall–Kier alpha value is -1.28. The number of hydrogen-bond donors (Lipinski definition) is 1. The van der Waals surface area contributed by atoms with E-state index in [9.17, 15) is 4.79 Å². The first-order valence-electron chi connectivity index (χ1n) is 7.88. The largest absolute Gasteiger partial charge is 0.301 e. The van der Waals surface area contributed by atoms with E-state index in [4.69, 9.17) is 0 Å². The molecule has 0 spiro atoms. The highest BCUT2D eigenvalue weighted by atomic mass is 32.1. The van der Waals surface area contributed by atoms with Gasteiger partial charge in [0.25, 0.3) is 0 Å². The van der Waals surface area contributed by atoms with Gasteiger partial charge in [-0.15, -0.1) is 22.7 Å². The molecular formula is C16H22N4OS2. The monoisotopic (exact) mass is 350 g/mol.